The molecule has 3 N–H and O–H groups in total. The Labute approximate surface area is 154 Å². The molecule has 0 spiro atoms. The van der Waals surface area contributed by atoms with Crippen molar-refractivity contribution in [3.05, 3.63) is 76.6 Å². The molecule has 3 aromatic rings. The minimum Gasteiger partial charge on any atom is -0.382 e. The number of hydrogen-bond donors (Lipinski definition) is 2. The number of rotatable bonds is 2. The van der Waals surface area contributed by atoms with Crippen LogP contribution >= 0.6 is 0 Å². The lowest BCUT2D eigenvalue weighted by Crippen LogP contribution is -2.13. The van der Waals surface area contributed by atoms with E-state index >= 15 is 0 Å². The molecule has 0 bridgehead atoms. The van der Waals surface area contributed by atoms with Gasteiger partial charge in [-0.15, -0.1) is 10.2 Å². The van der Waals surface area contributed by atoms with E-state index in [9.17, 15) is 13.2 Å². The monoisotopic (exact) mass is 370 g/mol. The second-order valence-corrected chi connectivity index (χ2v) is 6.56. The molecule has 138 valence electrons. The molecular formula is C20H17F3N4. The van der Waals surface area contributed by atoms with E-state index in [4.69, 9.17) is 5.73 Å². The van der Waals surface area contributed by atoms with Crippen molar-refractivity contribution in [2.75, 3.05) is 12.3 Å². The molecule has 0 aliphatic carbocycles. The minimum absolute atomic E-state index is 0.236. The number of aromatic nitrogens is 2. The van der Waals surface area contributed by atoms with Crippen molar-refractivity contribution in [2.24, 2.45) is 0 Å². The maximum absolute atomic E-state index is 14.9. The third-order valence-corrected chi connectivity index (χ3v) is 4.82. The Morgan fingerprint density at radius 3 is 2.56 bits per heavy atom. The number of hydrogen-bond acceptors (Lipinski definition) is 4. The smallest absolute Gasteiger partial charge is 0.146 e. The summed E-state index contributed by atoms with van der Waals surface area (Å²) in [4.78, 5) is 0. The fraction of sp³-hybridized carbons (Fsp3) is 0.200. The van der Waals surface area contributed by atoms with Crippen molar-refractivity contribution in [1.82, 2.24) is 15.5 Å². The number of nitrogen functional groups attached to an aromatic ring is 1. The van der Waals surface area contributed by atoms with Gasteiger partial charge >= 0.3 is 0 Å². The van der Waals surface area contributed by atoms with Gasteiger partial charge in [0.25, 0.3) is 0 Å². The van der Waals surface area contributed by atoms with Gasteiger partial charge in [-0.05, 0) is 72.1 Å². The Balaban J connectivity index is 1.84. The average molecular weight is 370 g/mol. The SMILES string of the molecule is Nc1ccc(-c2cc3c(cc2F)C(c2cc(F)ccc2F)CCNC3)nn1. The first kappa shape index (κ1) is 17.5. The number of halogens is 3. The van der Waals surface area contributed by atoms with Gasteiger partial charge in [-0.3, -0.25) is 0 Å². The molecule has 7 heteroatoms. The molecule has 0 saturated carbocycles. The summed E-state index contributed by atoms with van der Waals surface area (Å²) in [6.07, 6.45) is 0.536. The number of anilines is 1. The van der Waals surface area contributed by atoms with Crippen LogP contribution in [0.3, 0.4) is 0 Å². The molecule has 0 amide bonds. The molecule has 0 radical (unpaired) electrons. The summed E-state index contributed by atoms with van der Waals surface area (Å²) < 4.78 is 42.9. The molecular weight excluding hydrogens is 353 g/mol. The molecule has 2 heterocycles. The number of benzene rings is 2. The molecule has 0 saturated heterocycles. The molecule has 0 fully saturated rings. The van der Waals surface area contributed by atoms with Gasteiger partial charge in [0.15, 0.2) is 0 Å². The summed E-state index contributed by atoms with van der Waals surface area (Å²) in [6, 6.07) is 9.61. The quantitative estimate of drug-likeness (QED) is 0.721. The highest BCUT2D eigenvalue weighted by molar-refractivity contribution is 5.63. The van der Waals surface area contributed by atoms with E-state index in [1.165, 1.54) is 12.1 Å². The van der Waals surface area contributed by atoms with Crippen molar-refractivity contribution in [3.8, 4) is 11.3 Å². The summed E-state index contributed by atoms with van der Waals surface area (Å²) in [5.41, 5.74) is 7.90. The fourth-order valence-corrected chi connectivity index (χ4v) is 3.52. The topological polar surface area (TPSA) is 63.8 Å². The molecule has 2 aromatic carbocycles. The molecule has 1 unspecified atom stereocenters. The highest BCUT2D eigenvalue weighted by Crippen LogP contribution is 2.36. The zero-order valence-electron chi connectivity index (χ0n) is 14.3. The zero-order valence-corrected chi connectivity index (χ0v) is 14.3. The van der Waals surface area contributed by atoms with Crippen molar-refractivity contribution in [1.29, 1.82) is 0 Å². The Morgan fingerprint density at radius 1 is 0.926 bits per heavy atom. The van der Waals surface area contributed by atoms with E-state index in [0.29, 0.717) is 36.3 Å². The lowest BCUT2D eigenvalue weighted by atomic mass is 9.85. The predicted octanol–water partition coefficient (Wildman–Crippen LogP) is 3.77. The van der Waals surface area contributed by atoms with Gasteiger partial charge in [-0.25, -0.2) is 13.2 Å². The van der Waals surface area contributed by atoms with Crippen LogP contribution in [-0.2, 0) is 6.54 Å². The van der Waals surface area contributed by atoms with Crippen LogP contribution in [0.15, 0.2) is 42.5 Å². The Bertz CT molecular complexity index is 989. The number of nitrogens with zero attached hydrogens (tertiary/aromatic N) is 2. The van der Waals surface area contributed by atoms with Crippen molar-refractivity contribution >= 4 is 5.82 Å². The molecule has 1 atom stereocenters. The largest absolute Gasteiger partial charge is 0.382 e. The van der Waals surface area contributed by atoms with E-state index in [2.05, 4.69) is 15.5 Å². The van der Waals surface area contributed by atoms with Gasteiger partial charge in [0, 0.05) is 18.0 Å². The fourth-order valence-electron chi connectivity index (χ4n) is 3.52. The minimum atomic E-state index is -0.514. The van der Waals surface area contributed by atoms with E-state index in [-0.39, 0.29) is 11.4 Å². The van der Waals surface area contributed by atoms with Gasteiger partial charge in [0.1, 0.15) is 23.3 Å². The lowest BCUT2D eigenvalue weighted by molar-refractivity contribution is 0.560. The number of fused-ring (bicyclic) bond motifs is 1. The summed E-state index contributed by atoms with van der Waals surface area (Å²) in [5.74, 6) is -1.69. The van der Waals surface area contributed by atoms with Crippen molar-refractivity contribution < 1.29 is 13.2 Å². The van der Waals surface area contributed by atoms with Crippen LogP contribution in [-0.4, -0.2) is 16.7 Å². The third-order valence-electron chi connectivity index (χ3n) is 4.82. The maximum atomic E-state index is 14.9. The Morgan fingerprint density at radius 2 is 1.78 bits per heavy atom. The van der Waals surface area contributed by atoms with Crippen LogP contribution in [0, 0.1) is 17.5 Å². The first-order valence-corrected chi connectivity index (χ1v) is 8.60. The summed E-state index contributed by atoms with van der Waals surface area (Å²) >= 11 is 0. The highest BCUT2D eigenvalue weighted by atomic mass is 19.1. The third kappa shape index (κ3) is 3.38. The van der Waals surface area contributed by atoms with Crippen molar-refractivity contribution in [3.63, 3.8) is 0 Å². The van der Waals surface area contributed by atoms with Gasteiger partial charge in [-0.1, -0.05) is 0 Å². The second-order valence-electron chi connectivity index (χ2n) is 6.56. The summed E-state index contributed by atoms with van der Waals surface area (Å²) in [5, 5.41) is 11.0. The maximum Gasteiger partial charge on any atom is 0.146 e. The zero-order chi connectivity index (χ0) is 19.0. The van der Waals surface area contributed by atoms with Gasteiger partial charge < -0.3 is 11.1 Å². The summed E-state index contributed by atoms with van der Waals surface area (Å²) in [7, 11) is 0. The lowest BCUT2D eigenvalue weighted by Gasteiger charge is -2.20. The van der Waals surface area contributed by atoms with Crippen LogP contribution < -0.4 is 11.1 Å². The normalized spacial score (nSPS) is 16.6. The number of nitrogens with two attached hydrogens (primary N) is 1. The summed E-state index contributed by atoms with van der Waals surface area (Å²) in [6.45, 7) is 1.10. The molecule has 4 rings (SSSR count). The molecule has 1 aromatic heterocycles. The van der Waals surface area contributed by atoms with Crippen LogP contribution in [0.2, 0.25) is 0 Å². The predicted molar refractivity (Wildman–Crippen MR) is 96.4 cm³/mol. The van der Waals surface area contributed by atoms with Crippen LogP contribution in [0.25, 0.3) is 11.3 Å². The van der Waals surface area contributed by atoms with E-state index in [1.807, 2.05) is 0 Å². The average Bonchev–Trinajstić information content (AvgIpc) is 2.86. The van der Waals surface area contributed by atoms with Crippen molar-refractivity contribution in [2.45, 2.75) is 18.9 Å². The van der Waals surface area contributed by atoms with Gasteiger partial charge in [0.2, 0.25) is 0 Å². The van der Waals surface area contributed by atoms with Crippen LogP contribution in [0.4, 0.5) is 19.0 Å². The second kappa shape index (κ2) is 7.00. The van der Waals surface area contributed by atoms with E-state index < -0.39 is 23.4 Å². The standard InChI is InChI=1S/C20H17F3N4/c21-12-1-2-17(22)15(8-12)13-5-6-25-10-11-7-16(18(23)9-14(11)13)19-3-4-20(24)27-26-19/h1-4,7-9,13,25H,5-6,10H2,(H2,24,27). The molecule has 1 aliphatic heterocycles. The Kier molecular flexibility index (Phi) is 4.53. The highest BCUT2D eigenvalue weighted by Gasteiger charge is 2.25. The Hall–Kier alpha value is -2.93. The number of nitrogens with one attached hydrogen (secondary N) is 1. The molecule has 4 nitrogen and oxygen atoms in total. The first-order chi connectivity index (χ1) is 13.0. The van der Waals surface area contributed by atoms with Gasteiger partial charge in [-0.2, -0.15) is 0 Å². The molecule has 27 heavy (non-hydrogen) atoms. The van der Waals surface area contributed by atoms with E-state index in [1.54, 1.807) is 18.2 Å². The van der Waals surface area contributed by atoms with Crippen LogP contribution in [0.5, 0.6) is 0 Å². The molecule has 1 aliphatic rings. The van der Waals surface area contributed by atoms with E-state index in [0.717, 1.165) is 17.7 Å². The first-order valence-electron chi connectivity index (χ1n) is 8.60. The van der Waals surface area contributed by atoms with Gasteiger partial charge in [0.05, 0.1) is 5.69 Å². The van der Waals surface area contributed by atoms with Crippen LogP contribution in [0.1, 0.15) is 29.0 Å².